The lowest BCUT2D eigenvalue weighted by Gasteiger charge is -2.31. The minimum absolute atomic E-state index is 0.346. The maximum absolute atomic E-state index is 12.6. The zero-order chi connectivity index (χ0) is 16.5. The van der Waals surface area contributed by atoms with Gasteiger partial charge in [-0.2, -0.15) is 0 Å². The Morgan fingerprint density at radius 2 is 2.00 bits per heavy atom. The molecule has 1 saturated carbocycles. The zero-order valence-electron chi connectivity index (χ0n) is 13.3. The fourth-order valence-corrected chi connectivity index (χ4v) is 2.91. The van der Waals surface area contributed by atoms with E-state index >= 15 is 0 Å². The highest BCUT2D eigenvalue weighted by Crippen LogP contribution is 2.32. The average Bonchev–Trinajstić information content (AvgIpc) is 2.61. The normalized spacial score (nSPS) is 17.7. The first-order chi connectivity index (χ1) is 11.2. The number of carbonyl (C=O) groups excluding carboxylic acids is 1. The topological polar surface area (TPSA) is 47.6 Å². The maximum atomic E-state index is 12.6. The van der Waals surface area contributed by atoms with E-state index in [0.29, 0.717) is 17.9 Å². The predicted octanol–water partition coefficient (Wildman–Crippen LogP) is 3.59. The van der Waals surface area contributed by atoms with Crippen LogP contribution in [-0.4, -0.2) is 18.8 Å². The van der Waals surface area contributed by atoms with Crippen molar-refractivity contribution in [3.63, 3.8) is 0 Å². The number of halogens is 1. The summed E-state index contributed by atoms with van der Waals surface area (Å²) in [4.78, 5) is 17.5. The van der Waals surface area contributed by atoms with Gasteiger partial charge in [-0.05, 0) is 24.0 Å². The number of carbonyl (C=O) groups is 1. The Bertz CT molecular complexity index is 561. The summed E-state index contributed by atoms with van der Waals surface area (Å²) >= 11 is 0. The van der Waals surface area contributed by atoms with Gasteiger partial charge in [0.1, 0.15) is 6.17 Å². The van der Waals surface area contributed by atoms with E-state index in [1.54, 1.807) is 24.3 Å². The summed E-state index contributed by atoms with van der Waals surface area (Å²) in [5.74, 6) is 0.792. The molecular weight excluding hydrogens is 297 g/mol. The highest BCUT2D eigenvalue weighted by atomic mass is 19.1. The first kappa shape index (κ1) is 17.5. The molecule has 0 aliphatic heterocycles. The van der Waals surface area contributed by atoms with Gasteiger partial charge in [-0.25, -0.2) is 10.3 Å². The molecule has 4 nitrogen and oxygen atoms in total. The average molecular weight is 319 g/mol. The standard InChI is InChI=1S/C18H22FNO3/c1-22-18(12-13-19,14-15-8-4-2-5-9-15)23-20-17(21)16-10-6-3-7-11-16/h3,6-7,10-11,15H,2,4-5,8-9,14H2,1H3,(H,20,21). The molecule has 1 unspecified atom stereocenters. The lowest BCUT2D eigenvalue weighted by atomic mass is 9.84. The molecule has 0 heterocycles. The predicted molar refractivity (Wildman–Crippen MR) is 84.8 cm³/mol. The number of amides is 1. The quantitative estimate of drug-likeness (QED) is 0.495. The van der Waals surface area contributed by atoms with Gasteiger partial charge in [0, 0.05) is 19.1 Å². The molecule has 5 heteroatoms. The van der Waals surface area contributed by atoms with Crippen LogP contribution in [0.3, 0.4) is 0 Å². The van der Waals surface area contributed by atoms with Crippen LogP contribution in [0.2, 0.25) is 0 Å². The summed E-state index contributed by atoms with van der Waals surface area (Å²) < 4.78 is 18.0. The Morgan fingerprint density at radius 1 is 1.30 bits per heavy atom. The summed E-state index contributed by atoms with van der Waals surface area (Å²) in [6.07, 6.45) is 7.37. The van der Waals surface area contributed by atoms with Gasteiger partial charge < -0.3 is 4.74 Å². The molecule has 0 radical (unpaired) electrons. The van der Waals surface area contributed by atoms with Crippen molar-refractivity contribution in [1.29, 1.82) is 0 Å². The van der Waals surface area contributed by atoms with Gasteiger partial charge in [0.2, 0.25) is 0 Å². The van der Waals surface area contributed by atoms with E-state index in [2.05, 4.69) is 11.4 Å². The van der Waals surface area contributed by atoms with E-state index < -0.39 is 11.7 Å². The van der Waals surface area contributed by atoms with Crippen LogP contribution in [0, 0.1) is 18.0 Å². The monoisotopic (exact) mass is 319 g/mol. The van der Waals surface area contributed by atoms with Crippen molar-refractivity contribution in [2.45, 2.75) is 44.3 Å². The number of rotatable bonds is 6. The van der Waals surface area contributed by atoms with Crippen LogP contribution in [0.1, 0.15) is 48.9 Å². The molecule has 1 fully saturated rings. The second-order valence-electron chi connectivity index (χ2n) is 5.78. The van der Waals surface area contributed by atoms with Crippen LogP contribution in [0.4, 0.5) is 4.39 Å². The van der Waals surface area contributed by atoms with Crippen molar-refractivity contribution < 1.29 is 18.8 Å². The summed E-state index contributed by atoms with van der Waals surface area (Å²) in [5, 5.41) is 0. The molecule has 23 heavy (non-hydrogen) atoms. The number of hydrogen-bond acceptors (Lipinski definition) is 3. The van der Waals surface area contributed by atoms with Crippen molar-refractivity contribution >= 4 is 5.91 Å². The smallest absolute Gasteiger partial charge is 0.274 e. The van der Waals surface area contributed by atoms with Gasteiger partial charge in [-0.15, -0.1) is 4.39 Å². The van der Waals surface area contributed by atoms with E-state index in [1.165, 1.54) is 19.7 Å². The molecule has 1 amide bonds. The van der Waals surface area contributed by atoms with Crippen molar-refractivity contribution in [3.05, 3.63) is 35.9 Å². The Morgan fingerprint density at radius 3 is 2.61 bits per heavy atom. The number of benzene rings is 1. The Hall–Kier alpha value is -1.90. The van der Waals surface area contributed by atoms with Gasteiger partial charge >= 0.3 is 0 Å². The summed E-state index contributed by atoms with van der Waals surface area (Å²) in [5.41, 5.74) is 2.78. The van der Waals surface area contributed by atoms with E-state index in [0.717, 1.165) is 25.7 Å². The molecule has 1 N–H and O–H groups in total. The molecule has 0 bridgehead atoms. The molecule has 0 aromatic heterocycles. The lowest BCUT2D eigenvalue weighted by molar-refractivity contribution is -0.217. The third-order valence-corrected chi connectivity index (χ3v) is 4.19. The minimum Gasteiger partial charge on any atom is -0.341 e. The SMILES string of the molecule is COC(C#CF)(CC1CCCCC1)ONC(=O)c1ccccc1. The molecule has 0 saturated heterocycles. The van der Waals surface area contributed by atoms with Crippen LogP contribution in [-0.2, 0) is 9.57 Å². The van der Waals surface area contributed by atoms with Gasteiger partial charge in [0.25, 0.3) is 11.7 Å². The van der Waals surface area contributed by atoms with Crippen molar-refractivity contribution in [2.75, 3.05) is 7.11 Å². The Kier molecular flexibility index (Phi) is 6.57. The van der Waals surface area contributed by atoms with Crippen molar-refractivity contribution in [3.8, 4) is 12.1 Å². The second-order valence-corrected chi connectivity index (χ2v) is 5.78. The first-order valence-electron chi connectivity index (χ1n) is 7.90. The highest BCUT2D eigenvalue weighted by molar-refractivity contribution is 5.93. The van der Waals surface area contributed by atoms with Crippen LogP contribution < -0.4 is 5.48 Å². The van der Waals surface area contributed by atoms with Gasteiger partial charge in [-0.1, -0.05) is 50.3 Å². The lowest BCUT2D eigenvalue weighted by Crippen LogP contribution is -2.43. The summed E-state index contributed by atoms with van der Waals surface area (Å²) in [7, 11) is 1.40. The van der Waals surface area contributed by atoms with Crippen LogP contribution in [0.15, 0.2) is 30.3 Å². The highest BCUT2D eigenvalue weighted by Gasteiger charge is 2.35. The molecule has 1 aromatic carbocycles. The van der Waals surface area contributed by atoms with Gasteiger partial charge in [-0.3, -0.25) is 4.79 Å². The Labute approximate surface area is 136 Å². The van der Waals surface area contributed by atoms with Gasteiger partial charge in [0.05, 0.1) is 0 Å². The third-order valence-electron chi connectivity index (χ3n) is 4.19. The molecule has 124 valence electrons. The first-order valence-corrected chi connectivity index (χ1v) is 7.90. The molecular formula is C18H22FNO3. The van der Waals surface area contributed by atoms with E-state index in [4.69, 9.17) is 9.57 Å². The number of hydroxylamine groups is 1. The van der Waals surface area contributed by atoms with E-state index in [-0.39, 0.29) is 0 Å². The Balaban J connectivity index is 2.02. The molecule has 1 aliphatic carbocycles. The fraction of sp³-hybridized carbons (Fsp3) is 0.500. The number of ether oxygens (including phenoxy) is 1. The van der Waals surface area contributed by atoms with Crippen molar-refractivity contribution in [2.24, 2.45) is 5.92 Å². The molecule has 2 rings (SSSR count). The van der Waals surface area contributed by atoms with Crippen molar-refractivity contribution in [1.82, 2.24) is 5.48 Å². The third kappa shape index (κ3) is 5.05. The second kappa shape index (κ2) is 8.66. The van der Waals surface area contributed by atoms with Crippen LogP contribution >= 0.6 is 0 Å². The largest absolute Gasteiger partial charge is 0.341 e. The molecule has 1 aromatic rings. The van der Waals surface area contributed by atoms with Crippen LogP contribution in [0.25, 0.3) is 0 Å². The van der Waals surface area contributed by atoms with E-state index in [9.17, 15) is 9.18 Å². The maximum Gasteiger partial charge on any atom is 0.274 e. The number of methoxy groups -OCH3 is 1. The van der Waals surface area contributed by atoms with Gasteiger partial charge in [0.15, 0.2) is 0 Å². The molecule has 1 atom stereocenters. The number of nitrogens with one attached hydrogen (secondary N) is 1. The fourth-order valence-electron chi connectivity index (χ4n) is 2.91. The molecule has 0 spiro atoms. The van der Waals surface area contributed by atoms with Crippen LogP contribution in [0.5, 0.6) is 0 Å². The van der Waals surface area contributed by atoms with E-state index in [1.807, 2.05) is 6.07 Å². The minimum atomic E-state index is -1.46. The summed E-state index contributed by atoms with van der Waals surface area (Å²) in [6, 6.07) is 8.64. The zero-order valence-corrected chi connectivity index (χ0v) is 13.3. The summed E-state index contributed by atoms with van der Waals surface area (Å²) in [6.45, 7) is 0. The number of hydrogen-bond donors (Lipinski definition) is 1. The molecule has 1 aliphatic rings.